The van der Waals surface area contributed by atoms with Crippen LogP contribution in [0.25, 0.3) is 0 Å². The van der Waals surface area contributed by atoms with E-state index < -0.39 is 0 Å². The van der Waals surface area contributed by atoms with Crippen LogP contribution in [0.5, 0.6) is 0 Å². The van der Waals surface area contributed by atoms with Gasteiger partial charge in [-0.15, -0.1) is 0 Å². The highest BCUT2D eigenvalue weighted by molar-refractivity contribution is 5.21. The molecule has 0 saturated carbocycles. The lowest BCUT2D eigenvalue weighted by molar-refractivity contribution is 0.524. The summed E-state index contributed by atoms with van der Waals surface area (Å²) in [6.07, 6.45) is 6.68. The molecule has 0 aromatic rings. The first kappa shape index (κ1) is 14.2. The van der Waals surface area contributed by atoms with Crippen molar-refractivity contribution in [2.45, 2.75) is 48.0 Å². The van der Waals surface area contributed by atoms with Gasteiger partial charge < -0.3 is 0 Å². The van der Waals surface area contributed by atoms with Crippen molar-refractivity contribution in [1.82, 2.24) is 0 Å². The highest BCUT2D eigenvalue weighted by Crippen LogP contribution is 2.31. The van der Waals surface area contributed by atoms with Gasteiger partial charge in [0.05, 0.1) is 0 Å². The summed E-state index contributed by atoms with van der Waals surface area (Å²) in [5, 5.41) is 0. The van der Waals surface area contributed by atoms with Gasteiger partial charge in [0.2, 0.25) is 0 Å². The molecule has 0 N–H and O–H groups in total. The van der Waals surface area contributed by atoms with E-state index in [0.29, 0.717) is 11.8 Å². The van der Waals surface area contributed by atoms with E-state index in [9.17, 15) is 0 Å². The number of hydrogen-bond acceptors (Lipinski definition) is 0. The van der Waals surface area contributed by atoms with Gasteiger partial charge in [-0.3, -0.25) is 0 Å². The molecule has 0 heterocycles. The first-order valence-electron chi connectivity index (χ1n) is 5.78. The molecule has 0 rings (SSSR count). The molecule has 0 heteroatoms. The van der Waals surface area contributed by atoms with Crippen molar-refractivity contribution in [1.29, 1.82) is 0 Å². The number of hydrogen-bond donors (Lipinski definition) is 0. The molecular formula is C15H25. The Hall–Kier alpha value is -0.780. The topological polar surface area (TPSA) is 0 Å². The van der Waals surface area contributed by atoms with E-state index in [1.807, 2.05) is 6.92 Å². The van der Waals surface area contributed by atoms with Crippen molar-refractivity contribution in [2.24, 2.45) is 11.8 Å². The molecule has 0 aromatic heterocycles. The third-order valence-corrected chi connectivity index (χ3v) is 3.15. The summed E-state index contributed by atoms with van der Waals surface area (Å²) in [6, 6.07) is 0. The molecule has 1 radical (unpaired) electrons. The monoisotopic (exact) mass is 205 g/mol. The van der Waals surface area contributed by atoms with Gasteiger partial charge in [-0.05, 0) is 46.1 Å². The van der Waals surface area contributed by atoms with Crippen molar-refractivity contribution < 1.29 is 0 Å². The lowest BCUT2D eigenvalue weighted by atomic mass is 9.79. The van der Waals surface area contributed by atoms with Crippen LogP contribution >= 0.6 is 0 Å². The van der Waals surface area contributed by atoms with Crippen LogP contribution in [0.3, 0.4) is 0 Å². The quantitative estimate of drug-likeness (QED) is 0.558. The normalized spacial score (nSPS) is 17.5. The molecule has 0 saturated heterocycles. The molecule has 15 heavy (non-hydrogen) atoms. The van der Waals surface area contributed by atoms with Crippen LogP contribution in [0.4, 0.5) is 0 Å². The second-order valence-corrected chi connectivity index (χ2v) is 4.40. The molecule has 0 aliphatic rings. The van der Waals surface area contributed by atoms with Crippen LogP contribution < -0.4 is 0 Å². The molecule has 0 bridgehead atoms. The van der Waals surface area contributed by atoms with Crippen LogP contribution in [-0.4, -0.2) is 0 Å². The molecule has 0 amide bonds. The van der Waals surface area contributed by atoms with Crippen molar-refractivity contribution in [3.8, 4) is 0 Å². The summed E-state index contributed by atoms with van der Waals surface area (Å²) in [4.78, 5) is 0. The molecule has 0 aromatic carbocycles. The maximum Gasteiger partial charge on any atom is 0.00698 e. The highest BCUT2D eigenvalue weighted by Gasteiger charge is 2.20. The zero-order chi connectivity index (χ0) is 12.0. The fourth-order valence-electron chi connectivity index (χ4n) is 2.00. The average molecular weight is 205 g/mol. The Kier molecular flexibility index (Phi) is 6.31. The Morgan fingerprint density at radius 1 is 1.33 bits per heavy atom. The highest BCUT2D eigenvalue weighted by atomic mass is 14.2. The first-order valence-corrected chi connectivity index (χ1v) is 5.78. The van der Waals surface area contributed by atoms with Crippen molar-refractivity contribution in [3.63, 3.8) is 0 Å². The lowest BCUT2D eigenvalue weighted by Gasteiger charge is -2.26. The predicted molar refractivity (Wildman–Crippen MR) is 69.6 cm³/mol. The summed E-state index contributed by atoms with van der Waals surface area (Å²) in [6.45, 7) is 17.0. The van der Waals surface area contributed by atoms with Gasteiger partial charge in [-0.2, -0.15) is 0 Å². The number of rotatable bonds is 5. The van der Waals surface area contributed by atoms with E-state index in [1.54, 1.807) is 0 Å². The SMILES string of the molecule is C=C(C)C(C)C(C(C)=CCC)/C(C)=[C]/C. The molecule has 2 atom stereocenters. The molecule has 0 aliphatic carbocycles. The van der Waals surface area contributed by atoms with E-state index >= 15 is 0 Å². The zero-order valence-corrected chi connectivity index (χ0v) is 11.1. The Bertz CT molecular complexity index is 266. The van der Waals surface area contributed by atoms with Gasteiger partial charge >= 0.3 is 0 Å². The average Bonchev–Trinajstić information content (AvgIpc) is 2.17. The molecule has 0 aliphatic heterocycles. The molecule has 2 unspecified atom stereocenters. The Balaban J connectivity index is 5.06. The summed E-state index contributed by atoms with van der Waals surface area (Å²) in [5.74, 6) is 0.979. The smallest absolute Gasteiger partial charge is 0.00698 e. The van der Waals surface area contributed by atoms with Crippen LogP contribution in [0.2, 0.25) is 0 Å². The largest absolute Gasteiger partial charge is 0.0998 e. The van der Waals surface area contributed by atoms with Gasteiger partial charge in [0, 0.05) is 5.92 Å². The molecule has 0 spiro atoms. The molecular weight excluding hydrogens is 180 g/mol. The molecule has 0 nitrogen and oxygen atoms in total. The summed E-state index contributed by atoms with van der Waals surface area (Å²) in [7, 11) is 0. The maximum absolute atomic E-state index is 4.07. The standard InChI is InChI=1S/C15H25/c1-8-10-13(6)15(12(5)9-2)14(7)11(3)4/h10,14-15H,3,8H2,1-2,4-7H3. The van der Waals surface area contributed by atoms with E-state index in [4.69, 9.17) is 0 Å². The van der Waals surface area contributed by atoms with Crippen LogP contribution in [0, 0.1) is 17.9 Å². The van der Waals surface area contributed by atoms with Gasteiger partial charge in [0.25, 0.3) is 0 Å². The van der Waals surface area contributed by atoms with Crippen molar-refractivity contribution in [2.75, 3.05) is 0 Å². The fourth-order valence-corrected chi connectivity index (χ4v) is 2.00. The van der Waals surface area contributed by atoms with Crippen LogP contribution in [0.1, 0.15) is 48.0 Å². The minimum absolute atomic E-state index is 0.479. The van der Waals surface area contributed by atoms with Gasteiger partial charge in [-0.1, -0.05) is 43.2 Å². The van der Waals surface area contributed by atoms with E-state index in [-0.39, 0.29) is 0 Å². The number of allylic oxidation sites excluding steroid dienone is 5. The minimum Gasteiger partial charge on any atom is -0.0998 e. The Morgan fingerprint density at radius 2 is 1.87 bits per heavy atom. The Labute approximate surface area is 95.8 Å². The second kappa shape index (κ2) is 6.66. The third-order valence-electron chi connectivity index (χ3n) is 3.15. The second-order valence-electron chi connectivity index (χ2n) is 4.40. The van der Waals surface area contributed by atoms with E-state index in [2.05, 4.69) is 53.3 Å². The van der Waals surface area contributed by atoms with Crippen LogP contribution in [0.15, 0.2) is 29.4 Å². The Morgan fingerprint density at radius 3 is 2.20 bits per heavy atom. The van der Waals surface area contributed by atoms with Crippen LogP contribution in [-0.2, 0) is 0 Å². The van der Waals surface area contributed by atoms with Gasteiger partial charge in [0.15, 0.2) is 0 Å². The molecule has 0 fully saturated rings. The van der Waals surface area contributed by atoms with E-state index in [1.165, 1.54) is 16.7 Å². The van der Waals surface area contributed by atoms with Crippen molar-refractivity contribution >= 4 is 0 Å². The summed E-state index contributed by atoms with van der Waals surface area (Å²) >= 11 is 0. The fraction of sp³-hybridized carbons (Fsp3) is 0.600. The first-order chi connectivity index (χ1) is 6.95. The minimum atomic E-state index is 0.479. The zero-order valence-electron chi connectivity index (χ0n) is 11.1. The third kappa shape index (κ3) is 4.07. The van der Waals surface area contributed by atoms with E-state index in [0.717, 1.165) is 6.42 Å². The van der Waals surface area contributed by atoms with Crippen molar-refractivity contribution in [3.05, 3.63) is 35.5 Å². The van der Waals surface area contributed by atoms with Gasteiger partial charge in [-0.25, -0.2) is 0 Å². The summed E-state index contributed by atoms with van der Waals surface area (Å²) in [5.41, 5.74) is 4.02. The predicted octanol–water partition coefficient (Wildman–Crippen LogP) is 4.94. The molecule has 85 valence electrons. The maximum atomic E-state index is 4.07. The van der Waals surface area contributed by atoms with Gasteiger partial charge in [0.1, 0.15) is 0 Å². The lowest BCUT2D eigenvalue weighted by Crippen LogP contribution is -2.15. The summed E-state index contributed by atoms with van der Waals surface area (Å²) < 4.78 is 0.